The second kappa shape index (κ2) is 8.42. The van der Waals surface area contributed by atoms with Gasteiger partial charge in [0.05, 0.1) is 23.3 Å². The summed E-state index contributed by atoms with van der Waals surface area (Å²) < 4.78 is 13.3. The first-order valence-corrected chi connectivity index (χ1v) is 10.8. The highest BCUT2D eigenvalue weighted by Crippen LogP contribution is 2.40. The molecule has 0 radical (unpaired) electrons. The van der Waals surface area contributed by atoms with Crippen LogP contribution >= 0.6 is 11.8 Å². The molecule has 6 nitrogen and oxygen atoms in total. The predicted octanol–water partition coefficient (Wildman–Crippen LogP) is 4.30. The number of esters is 1. The van der Waals surface area contributed by atoms with E-state index in [0.717, 1.165) is 27.1 Å². The monoisotopic (exact) mass is 421 g/mol. The van der Waals surface area contributed by atoms with Gasteiger partial charge in [-0.25, -0.2) is 4.79 Å². The van der Waals surface area contributed by atoms with Crippen molar-refractivity contribution < 1.29 is 14.3 Å². The number of nitrogens with zero attached hydrogens (tertiary/aromatic N) is 3. The van der Waals surface area contributed by atoms with Crippen LogP contribution < -0.4 is 4.74 Å². The van der Waals surface area contributed by atoms with Crippen molar-refractivity contribution in [2.45, 2.75) is 24.1 Å². The molecule has 0 atom stereocenters. The van der Waals surface area contributed by atoms with Crippen molar-refractivity contribution in [3.8, 4) is 11.8 Å². The molecule has 4 rings (SSSR count). The lowest BCUT2D eigenvalue weighted by Gasteiger charge is -2.27. The zero-order valence-electron chi connectivity index (χ0n) is 17.3. The van der Waals surface area contributed by atoms with Crippen LogP contribution in [0.3, 0.4) is 0 Å². The Morgan fingerprint density at radius 3 is 2.77 bits per heavy atom. The Kier molecular flexibility index (Phi) is 5.71. The molecular formula is C23H23N3O3S. The van der Waals surface area contributed by atoms with Crippen molar-refractivity contribution in [3.05, 3.63) is 58.8 Å². The lowest BCUT2D eigenvalue weighted by atomic mass is 9.99. The molecule has 0 unspecified atom stereocenters. The first-order valence-electron chi connectivity index (χ1n) is 9.78. The molecule has 0 fully saturated rings. The molecule has 1 aliphatic rings. The standard InChI is InChI=1S/C23H23N3O3S/c1-4-28-23(27)21-19(13-30-16-8-6-5-7-9-16)26(3)18-10-15(11-24)22-17(20(18)21)12-25(2)14-29-22/h5-10H,4,12-14H2,1-3H3. The van der Waals surface area contributed by atoms with Gasteiger partial charge in [-0.2, -0.15) is 5.26 Å². The van der Waals surface area contributed by atoms with Crippen LogP contribution in [-0.2, 0) is 24.1 Å². The molecule has 30 heavy (non-hydrogen) atoms. The summed E-state index contributed by atoms with van der Waals surface area (Å²) in [7, 11) is 3.89. The first kappa shape index (κ1) is 20.3. The largest absolute Gasteiger partial charge is 0.476 e. The molecule has 0 aliphatic carbocycles. The first-order chi connectivity index (χ1) is 14.5. The molecule has 0 amide bonds. The second-order valence-corrected chi connectivity index (χ2v) is 8.28. The minimum Gasteiger partial charge on any atom is -0.476 e. The lowest BCUT2D eigenvalue weighted by molar-refractivity contribution is 0.0527. The van der Waals surface area contributed by atoms with Gasteiger partial charge in [0.2, 0.25) is 0 Å². The topological polar surface area (TPSA) is 67.5 Å². The number of rotatable bonds is 5. The maximum atomic E-state index is 13.1. The number of carbonyl (C=O) groups excluding carboxylic acids is 1. The summed E-state index contributed by atoms with van der Waals surface area (Å²) >= 11 is 1.67. The third-order valence-electron chi connectivity index (χ3n) is 5.24. The number of benzene rings is 2. The molecule has 2 heterocycles. The number of fused-ring (bicyclic) bond motifs is 3. The quantitative estimate of drug-likeness (QED) is 0.452. The number of nitriles is 1. The summed E-state index contributed by atoms with van der Waals surface area (Å²) in [5.74, 6) is 0.838. The zero-order chi connectivity index (χ0) is 21.3. The van der Waals surface area contributed by atoms with Gasteiger partial charge in [-0.3, -0.25) is 4.90 Å². The van der Waals surface area contributed by atoms with E-state index in [4.69, 9.17) is 9.47 Å². The highest BCUT2D eigenvalue weighted by atomic mass is 32.2. The van der Waals surface area contributed by atoms with Gasteiger partial charge in [0, 0.05) is 40.9 Å². The third kappa shape index (κ3) is 3.53. The Morgan fingerprint density at radius 1 is 1.30 bits per heavy atom. The van der Waals surface area contributed by atoms with Gasteiger partial charge in [0.25, 0.3) is 0 Å². The van der Waals surface area contributed by atoms with Crippen LogP contribution in [0.1, 0.15) is 34.1 Å². The number of aryl methyl sites for hydroxylation is 1. The summed E-state index contributed by atoms with van der Waals surface area (Å²) in [5, 5.41) is 10.5. The number of hydrogen-bond donors (Lipinski definition) is 0. The summed E-state index contributed by atoms with van der Waals surface area (Å²) in [6, 6.07) is 14.2. The SMILES string of the molecule is CCOC(=O)c1c(CSc2ccccc2)n(C)c2cc(C#N)c3c(c12)CN(C)CO3. The van der Waals surface area contributed by atoms with Crippen LogP contribution in [0.15, 0.2) is 41.3 Å². The number of thioether (sulfide) groups is 1. The van der Waals surface area contributed by atoms with Gasteiger partial charge < -0.3 is 14.0 Å². The van der Waals surface area contributed by atoms with E-state index < -0.39 is 0 Å². The van der Waals surface area contributed by atoms with Gasteiger partial charge in [-0.1, -0.05) is 18.2 Å². The van der Waals surface area contributed by atoms with Gasteiger partial charge in [0.1, 0.15) is 18.5 Å². The summed E-state index contributed by atoms with van der Waals surface area (Å²) in [4.78, 5) is 16.2. The van der Waals surface area contributed by atoms with Crippen LogP contribution in [0.2, 0.25) is 0 Å². The Bertz CT molecular complexity index is 1150. The van der Waals surface area contributed by atoms with Gasteiger partial charge in [0.15, 0.2) is 0 Å². The van der Waals surface area contributed by atoms with E-state index in [9.17, 15) is 10.1 Å². The molecule has 0 spiro atoms. The molecule has 0 bridgehead atoms. The average molecular weight is 422 g/mol. The van der Waals surface area contributed by atoms with Gasteiger partial charge in [-0.15, -0.1) is 11.8 Å². The Labute approximate surface area is 180 Å². The maximum absolute atomic E-state index is 13.1. The van der Waals surface area contributed by atoms with Crippen molar-refractivity contribution in [1.82, 2.24) is 9.47 Å². The summed E-state index contributed by atoms with van der Waals surface area (Å²) in [6.45, 7) is 3.12. The van der Waals surface area contributed by atoms with E-state index in [1.165, 1.54) is 0 Å². The van der Waals surface area contributed by atoms with Crippen LogP contribution in [0.4, 0.5) is 0 Å². The van der Waals surface area contributed by atoms with Crippen LogP contribution in [0, 0.1) is 11.3 Å². The fourth-order valence-electron chi connectivity index (χ4n) is 3.86. The number of aromatic nitrogens is 1. The van der Waals surface area contributed by atoms with Crippen molar-refractivity contribution in [2.24, 2.45) is 7.05 Å². The van der Waals surface area contributed by atoms with Gasteiger partial charge >= 0.3 is 5.97 Å². The highest BCUT2D eigenvalue weighted by Gasteiger charge is 2.30. The van der Waals surface area contributed by atoms with Gasteiger partial charge in [-0.05, 0) is 32.2 Å². The molecular weight excluding hydrogens is 398 g/mol. The number of ether oxygens (including phenoxy) is 2. The van der Waals surface area contributed by atoms with Crippen molar-refractivity contribution in [1.29, 1.82) is 5.26 Å². The zero-order valence-corrected chi connectivity index (χ0v) is 18.1. The highest BCUT2D eigenvalue weighted by molar-refractivity contribution is 7.98. The maximum Gasteiger partial charge on any atom is 0.340 e. The Balaban J connectivity index is 1.93. The molecule has 3 aromatic rings. The van der Waals surface area contributed by atoms with E-state index in [0.29, 0.717) is 42.5 Å². The van der Waals surface area contributed by atoms with Crippen molar-refractivity contribution in [3.63, 3.8) is 0 Å². The van der Waals surface area contributed by atoms with E-state index in [-0.39, 0.29) is 5.97 Å². The molecule has 2 aromatic carbocycles. The van der Waals surface area contributed by atoms with Crippen LogP contribution in [0.5, 0.6) is 5.75 Å². The summed E-state index contributed by atoms with van der Waals surface area (Å²) in [6.07, 6.45) is 0. The predicted molar refractivity (Wildman–Crippen MR) is 117 cm³/mol. The fourth-order valence-corrected chi connectivity index (χ4v) is 4.85. The number of carbonyl (C=O) groups is 1. The Hall–Kier alpha value is -2.95. The van der Waals surface area contributed by atoms with E-state index in [1.807, 2.05) is 54.8 Å². The second-order valence-electron chi connectivity index (χ2n) is 7.23. The lowest BCUT2D eigenvalue weighted by Crippen LogP contribution is -2.29. The van der Waals surface area contributed by atoms with E-state index in [2.05, 4.69) is 18.2 Å². The van der Waals surface area contributed by atoms with Crippen LogP contribution in [0.25, 0.3) is 10.9 Å². The smallest absolute Gasteiger partial charge is 0.340 e. The molecule has 1 aliphatic heterocycles. The molecule has 0 saturated carbocycles. The molecule has 154 valence electrons. The van der Waals surface area contributed by atoms with Crippen molar-refractivity contribution in [2.75, 3.05) is 20.4 Å². The Morgan fingerprint density at radius 2 is 2.07 bits per heavy atom. The minimum absolute atomic E-state index is 0.301. The third-order valence-corrected chi connectivity index (χ3v) is 6.26. The molecule has 0 N–H and O–H groups in total. The average Bonchev–Trinajstić information content (AvgIpc) is 3.04. The van der Waals surface area contributed by atoms with E-state index in [1.54, 1.807) is 11.8 Å². The molecule has 0 saturated heterocycles. The minimum atomic E-state index is -0.341. The van der Waals surface area contributed by atoms with Crippen LogP contribution in [-0.4, -0.2) is 35.8 Å². The van der Waals surface area contributed by atoms with E-state index >= 15 is 0 Å². The van der Waals surface area contributed by atoms with Crippen molar-refractivity contribution >= 4 is 28.6 Å². The molecule has 1 aromatic heterocycles. The number of hydrogen-bond acceptors (Lipinski definition) is 6. The summed E-state index contributed by atoms with van der Waals surface area (Å²) in [5.41, 5.74) is 3.65. The molecule has 7 heteroatoms. The fraction of sp³-hybridized carbons (Fsp3) is 0.304. The normalized spacial score (nSPS) is 13.5.